The van der Waals surface area contributed by atoms with Gasteiger partial charge in [0.25, 0.3) is 0 Å². The van der Waals surface area contributed by atoms with Crippen molar-refractivity contribution < 1.29 is 4.79 Å². The van der Waals surface area contributed by atoms with Gasteiger partial charge in [0.2, 0.25) is 0 Å². The smallest absolute Gasteiger partial charge is 0.314 e. The van der Waals surface area contributed by atoms with E-state index < -0.39 is 0 Å². The lowest BCUT2D eigenvalue weighted by molar-refractivity contribution is 0.0555. The van der Waals surface area contributed by atoms with Crippen LogP contribution in [0.3, 0.4) is 0 Å². The van der Waals surface area contributed by atoms with Crippen LogP contribution < -0.4 is 10.6 Å². The molecule has 0 spiro atoms. The van der Waals surface area contributed by atoms with E-state index in [0.717, 1.165) is 45.7 Å². The molecule has 21 heavy (non-hydrogen) atoms. The van der Waals surface area contributed by atoms with Crippen LogP contribution in [0.2, 0.25) is 0 Å². The lowest BCUT2D eigenvalue weighted by Crippen LogP contribution is -2.59. The van der Waals surface area contributed by atoms with Gasteiger partial charge in [-0.25, -0.2) is 4.79 Å². The van der Waals surface area contributed by atoms with Crippen LogP contribution in [0.25, 0.3) is 0 Å². The summed E-state index contributed by atoms with van der Waals surface area (Å²) in [5.74, 6) is 0.622. The zero-order valence-corrected chi connectivity index (χ0v) is 14.5. The SMILES string of the molecule is CCN1CCN(C(C)(C)CNC(=O)NCCC(C)C)CC1. The van der Waals surface area contributed by atoms with Crippen LogP contribution >= 0.6 is 0 Å². The van der Waals surface area contributed by atoms with E-state index in [1.165, 1.54) is 0 Å². The third kappa shape index (κ3) is 6.66. The fourth-order valence-corrected chi connectivity index (χ4v) is 2.61. The summed E-state index contributed by atoms with van der Waals surface area (Å²) in [6.45, 7) is 17.9. The minimum atomic E-state index is -0.0454. The zero-order chi connectivity index (χ0) is 15.9. The summed E-state index contributed by atoms with van der Waals surface area (Å²) in [5.41, 5.74) is 0.00915. The number of carbonyl (C=O) groups is 1. The maximum Gasteiger partial charge on any atom is 0.314 e. The number of nitrogens with one attached hydrogen (secondary N) is 2. The monoisotopic (exact) mass is 298 g/mol. The van der Waals surface area contributed by atoms with Gasteiger partial charge in [0, 0.05) is 44.8 Å². The molecule has 1 fully saturated rings. The molecule has 1 heterocycles. The van der Waals surface area contributed by atoms with Gasteiger partial charge in [-0.15, -0.1) is 0 Å². The van der Waals surface area contributed by atoms with E-state index >= 15 is 0 Å². The molecule has 0 aromatic rings. The van der Waals surface area contributed by atoms with Gasteiger partial charge >= 0.3 is 6.03 Å². The van der Waals surface area contributed by atoms with Gasteiger partial charge in [-0.1, -0.05) is 20.8 Å². The van der Waals surface area contributed by atoms with Crippen LogP contribution in [0.15, 0.2) is 0 Å². The Morgan fingerprint density at radius 1 is 1.14 bits per heavy atom. The number of amides is 2. The third-order valence-corrected chi connectivity index (χ3v) is 4.36. The van der Waals surface area contributed by atoms with Crippen molar-refractivity contribution in [1.29, 1.82) is 0 Å². The van der Waals surface area contributed by atoms with E-state index in [1.54, 1.807) is 0 Å². The van der Waals surface area contributed by atoms with Gasteiger partial charge in [0.05, 0.1) is 0 Å². The van der Waals surface area contributed by atoms with E-state index in [4.69, 9.17) is 0 Å². The highest BCUT2D eigenvalue weighted by Gasteiger charge is 2.29. The molecule has 0 atom stereocenters. The van der Waals surface area contributed by atoms with Crippen LogP contribution in [0.4, 0.5) is 4.79 Å². The molecule has 1 aliphatic heterocycles. The summed E-state index contributed by atoms with van der Waals surface area (Å²) in [6.07, 6.45) is 1.02. The maximum atomic E-state index is 11.8. The molecule has 2 amide bonds. The molecule has 1 saturated heterocycles. The molecule has 0 aromatic heterocycles. The molecule has 1 rings (SSSR count). The highest BCUT2D eigenvalue weighted by atomic mass is 16.2. The fraction of sp³-hybridized carbons (Fsp3) is 0.938. The summed E-state index contributed by atoms with van der Waals surface area (Å²) < 4.78 is 0. The lowest BCUT2D eigenvalue weighted by Gasteiger charge is -2.44. The van der Waals surface area contributed by atoms with E-state index in [9.17, 15) is 4.79 Å². The molecule has 0 unspecified atom stereocenters. The Labute approximate surface area is 130 Å². The van der Waals surface area contributed by atoms with Crippen LogP contribution in [0.1, 0.15) is 41.0 Å². The summed E-state index contributed by atoms with van der Waals surface area (Å²) in [4.78, 5) is 16.8. The second kappa shape index (κ2) is 8.59. The van der Waals surface area contributed by atoms with Crippen LogP contribution in [-0.4, -0.2) is 67.2 Å². The Hall–Kier alpha value is -0.810. The third-order valence-electron chi connectivity index (χ3n) is 4.36. The first-order valence-corrected chi connectivity index (χ1v) is 8.34. The molecule has 124 valence electrons. The first-order chi connectivity index (χ1) is 9.85. The van der Waals surface area contributed by atoms with E-state index in [0.29, 0.717) is 12.5 Å². The average molecular weight is 298 g/mol. The predicted molar refractivity (Wildman–Crippen MR) is 88.6 cm³/mol. The summed E-state index contributed by atoms with van der Waals surface area (Å²) in [7, 11) is 0. The number of hydrogen-bond donors (Lipinski definition) is 2. The predicted octanol–water partition coefficient (Wildman–Crippen LogP) is 1.75. The van der Waals surface area contributed by atoms with Crippen molar-refractivity contribution in [3.63, 3.8) is 0 Å². The van der Waals surface area contributed by atoms with Gasteiger partial charge in [-0.2, -0.15) is 0 Å². The highest BCUT2D eigenvalue weighted by molar-refractivity contribution is 5.73. The Morgan fingerprint density at radius 2 is 1.76 bits per heavy atom. The molecule has 0 radical (unpaired) electrons. The second-order valence-electron chi connectivity index (χ2n) is 7.03. The van der Waals surface area contributed by atoms with E-state index in [-0.39, 0.29) is 11.6 Å². The molecule has 5 heteroatoms. The number of rotatable bonds is 7. The minimum absolute atomic E-state index is 0.00915. The largest absolute Gasteiger partial charge is 0.338 e. The van der Waals surface area contributed by atoms with E-state index in [2.05, 4.69) is 55.1 Å². The van der Waals surface area contributed by atoms with Crippen molar-refractivity contribution >= 4 is 6.03 Å². The highest BCUT2D eigenvalue weighted by Crippen LogP contribution is 2.16. The van der Waals surface area contributed by atoms with Crippen LogP contribution in [-0.2, 0) is 0 Å². The first kappa shape index (κ1) is 18.2. The molecule has 0 saturated carbocycles. The average Bonchev–Trinajstić information content (AvgIpc) is 2.45. The van der Waals surface area contributed by atoms with Gasteiger partial charge < -0.3 is 15.5 Å². The van der Waals surface area contributed by atoms with Crippen molar-refractivity contribution in [2.45, 2.75) is 46.6 Å². The number of nitrogens with zero attached hydrogens (tertiary/aromatic N) is 2. The van der Waals surface area contributed by atoms with Gasteiger partial charge in [0.15, 0.2) is 0 Å². The number of piperazine rings is 1. The fourth-order valence-electron chi connectivity index (χ4n) is 2.61. The summed E-state index contributed by atoms with van der Waals surface area (Å²) in [5, 5.41) is 5.94. The molecule has 0 aliphatic carbocycles. The van der Waals surface area contributed by atoms with Crippen LogP contribution in [0.5, 0.6) is 0 Å². The first-order valence-electron chi connectivity index (χ1n) is 8.34. The molecule has 1 aliphatic rings. The van der Waals surface area contributed by atoms with Crippen molar-refractivity contribution in [1.82, 2.24) is 20.4 Å². The molecule has 2 N–H and O–H groups in total. The number of carbonyl (C=O) groups excluding carboxylic acids is 1. The Morgan fingerprint density at radius 3 is 2.29 bits per heavy atom. The molecule has 5 nitrogen and oxygen atoms in total. The molecular formula is C16H34N4O. The van der Waals surface area contributed by atoms with Gasteiger partial charge in [-0.05, 0) is 32.7 Å². The van der Waals surface area contributed by atoms with Crippen LogP contribution in [0, 0.1) is 5.92 Å². The topological polar surface area (TPSA) is 47.6 Å². The Kier molecular flexibility index (Phi) is 7.46. The molecular weight excluding hydrogens is 264 g/mol. The van der Waals surface area contributed by atoms with Crippen molar-refractivity contribution in [3.8, 4) is 0 Å². The number of urea groups is 1. The Balaban J connectivity index is 2.27. The minimum Gasteiger partial charge on any atom is -0.338 e. The normalized spacial score (nSPS) is 18.0. The molecule has 0 bridgehead atoms. The standard InChI is InChI=1S/C16H34N4O/c1-6-19-9-11-20(12-10-19)16(4,5)13-18-15(21)17-8-7-14(2)3/h14H,6-13H2,1-5H3,(H2,17,18,21). The number of hydrogen-bond acceptors (Lipinski definition) is 3. The maximum absolute atomic E-state index is 11.8. The summed E-state index contributed by atoms with van der Waals surface area (Å²) in [6, 6.07) is -0.0454. The van der Waals surface area contributed by atoms with Crippen molar-refractivity contribution in [2.24, 2.45) is 5.92 Å². The van der Waals surface area contributed by atoms with E-state index in [1.807, 2.05) is 0 Å². The second-order valence-corrected chi connectivity index (χ2v) is 7.03. The molecule has 0 aromatic carbocycles. The van der Waals surface area contributed by atoms with Crippen molar-refractivity contribution in [3.05, 3.63) is 0 Å². The Bertz CT molecular complexity index is 309. The van der Waals surface area contributed by atoms with Crippen molar-refractivity contribution in [2.75, 3.05) is 45.8 Å². The quantitative estimate of drug-likeness (QED) is 0.753. The number of likely N-dealkylation sites (N-methyl/N-ethyl adjacent to an activating group) is 1. The lowest BCUT2D eigenvalue weighted by atomic mass is 10.0. The van der Waals surface area contributed by atoms with Gasteiger partial charge in [0.1, 0.15) is 0 Å². The zero-order valence-electron chi connectivity index (χ0n) is 14.5. The van der Waals surface area contributed by atoms with Gasteiger partial charge in [-0.3, -0.25) is 4.90 Å². The summed E-state index contributed by atoms with van der Waals surface area (Å²) >= 11 is 0.